The summed E-state index contributed by atoms with van der Waals surface area (Å²) >= 11 is 0. The molecule has 1 aliphatic carbocycles. The molecule has 1 atom stereocenters. The topological polar surface area (TPSA) is 75.4 Å². The molecule has 1 amide bonds. The number of ketones is 1. The monoisotopic (exact) mass is 429 g/mol. The van der Waals surface area contributed by atoms with Gasteiger partial charge in [0.25, 0.3) is 5.91 Å². The molecule has 2 fully saturated rings. The number of carbonyl (C=O) groups excluding carboxylic acids is 2. The first-order chi connectivity index (χ1) is 15.4. The van der Waals surface area contributed by atoms with Crippen LogP contribution in [0.4, 0.5) is 11.4 Å². The summed E-state index contributed by atoms with van der Waals surface area (Å²) in [6.45, 7) is 3.89. The number of amides is 1. The van der Waals surface area contributed by atoms with Gasteiger partial charge in [-0.15, -0.1) is 0 Å². The van der Waals surface area contributed by atoms with E-state index in [0.29, 0.717) is 30.5 Å². The van der Waals surface area contributed by atoms with Gasteiger partial charge in [-0.25, -0.2) is 0 Å². The SMILES string of the molecule is Cc1ccc(N2C3CCC2CC3)cc1NC(=O)C1=CCCC(N)c2cccc(C)c2C1=O. The van der Waals surface area contributed by atoms with E-state index < -0.39 is 0 Å². The van der Waals surface area contributed by atoms with E-state index in [0.717, 1.165) is 22.4 Å². The van der Waals surface area contributed by atoms with E-state index in [2.05, 4.69) is 28.4 Å². The summed E-state index contributed by atoms with van der Waals surface area (Å²) in [4.78, 5) is 29.3. The Bertz CT molecular complexity index is 1100. The van der Waals surface area contributed by atoms with E-state index in [4.69, 9.17) is 5.73 Å². The molecular weight excluding hydrogens is 398 g/mol. The van der Waals surface area contributed by atoms with Crippen molar-refractivity contribution in [3.63, 3.8) is 0 Å². The fourth-order valence-corrected chi connectivity index (χ4v) is 5.72. The van der Waals surface area contributed by atoms with E-state index >= 15 is 0 Å². The average Bonchev–Trinajstić information content (AvgIpc) is 3.37. The van der Waals surface area contributed by atoms with Gasteiger partial charge in [0.05, 0.1) is 5.57 Å². The van der Waals surface area contributed by atoms with Crippen LogP contribution in [0.1, 0.15) is 71.6 Å². The third-order valence-electron chi connectivity index (χ3n) is 7.47. The summed E-state index contributed by atoms with van der Waals surface area (Å²) in [5, 5.41) is 3.05. The van der Waals surface area contributed by atoms with Crippen molar-refractivity contribution in [1.82, 2.24) is 0 Å². The molecule has 166 valence electrons. The number of benzene rings is 2. The maximum atomic E-state index is 13.4. The molecule has 2 bridgehead atoms. The van der Waals surface area contributed by atoms with Crippen LogP contribution in [0.2, 0.25) is 0 Å². The van der Waals surface area contributed by atoms with Crippen molar-refractivity contribution >= 4 is 23.1 Å². The minimum atomic E-state index is -0.343. The van der Waals surface area contributed by atoms with E-state index in [9.17, 15) is 9.59 Å². The van der Waals surface area contributed by atoms with Gasteiger partial charge in [-0.2, -0.15) is 0 Å². The highest BCUT2D eigenvalue weighted by molar-refractivity contribution is 6.29. The molecule has 2 aliphatic heterocycles. The van der Waals surface area contributed by atoms with Crippen molar-refractivity contribution in [2.75, 3.05) is 10.2 Å². The first-order valence-electron chi connectivity index (χ1n) is 11.7. The second-order valence-corrected chi connectivity index (χ2v) is 9.49. The van der Waals surface area contributed by atoms with Crippen LogP contribution in [-0.4, -0.2) is 23.8 Å². The molecule has 0 spiro atoms. The average molecular weight is 430 g/mol. The molecular formula is C27H31N3O2. The summed E-state index contributed by atoms with van der Waals surface area (Å²) in [6.07, 6.45) is 8.06. The minimum Gasteiger partial charge on any atom is -0.365 e. The summed E-state index contributed by atoms with van der Waals surface area (Å²) in [7, 11) is 0. The maximum Gasteiger partial charge on any atom is 0.259 e. The lowest BCUT2D eigenvalue weighted by atomic mass is 9.86. The van der Waals surface area contributed by atoms with Gasteiger partial charge in [0, 0.05) is 35.1 Å². The van der Waals surface area contributed by atoms with Gasteiger partial charge in [-0.1, -0.05) is 30.3 Å². The number of hydrogen-bond acceptors (Lipinski definition) is 4. The van der Waals surface area contributed by atoms with E-state index in [1.54, 1.807) is 6.08 Å². The predicted molar refractivity (Wildman–Crippen MR) is 128 cm³/mol. The summed E-state index contributed by atoms with van der Waals surface area (Å²) in [5.41, 5.74) is 11.7. The molecule has 2 aromatic rings. The highest BCUT2D eigenvalue weighted by Crippen LogP contribution is 2.42. The molecule has 3 N–H and O–H groups in total. The molecule has 1 unspecified atom stereocenters. The van der Waals surface area contributed by atoms with Crippen molar-refractivity contribution in [2.45, 2.75) is 70.5 Å². The Morgan fingerprint density at radius 1 is 1.00 bits per heavy atom. The van der Waals surface area contributed by atoms with Crippen LogP contribution in [0, 0.1) is 13.8 Å². The number of Topliss-reactive ketones (excluding diaryl/α,β-unsaturated/α-hetero) is 1. The van der Waals surface area contributed by atoms with Gasteiger partial charge in [0.15, 0.2) is 5.78 Å². The summed E-state index contributed by atoms with van der Waals surface area (Å²) in [5.74, 6) is -0.582. The molecule has 2 aromatic carbocycles. The van der Waals surface area contributed by atoms with Crippen LogP contribution in [0.25, 0.3) is 0 Å². The largest absolute Gasteiger partial charge is 0.365 e. The molecule has 2 saturated heterocycles. The van der Waals surface area contributed by atoms with Crippen molar-refractivity contribution in [3.05, 3.63) is 70.3 Å². The Labute approximate surface area is 189 Å². The van der Waals surface area contributed by atoms with E-state index in [-0.39, 0.29) is 23.3 Å². The van der Waals surface area contributed by atoms with Crippen molar-refractivity contribution < 1.29 is 9.59 Å². The van der Waals surface area contributed by atoms with Crippen LogP contribution in [0.15, 0.2) is 48.0 Å². The molecule has 5 rings (SSSR count). The zero-order valence-electron chi connectivity index (χ0n) is 18.9. The van der Waals surface area contributed by atoms with E-state index in [1.807, 2.05) is 32.0 Å². The molecule has 2 heterocycles. The second kappa shape index (κ2) is 8.21. The molecule has 0 saturated carbocycles. The van der Waals surface area contributed by atoms with Crippen LogP contribution >= 0.6 is 0 Å². The number of nitrogens with zero attached hydrogens (tertiary/aromatic N) is 1. The summed E-state index contributed by atoms with van der Waals surface area (Å²) in [6, 6.07) is 13.1. The lowest BCUT2D eigenvalue weighted by Gasteiger charge is -2.26. The zero-order valence-corrected chi connectivity index (χ0v) is 18.9. The minimum absolute atomic E-state index is 0.204. The predicted octanol–water partition coefficient (Wildman–Crippen LogP) is 4.98. The molecule has 5 nitrogen and oxygen atoms in total. The normalized spacial score (nSPS) is 24.6. The summed E-state index contributed by atoms with van der Waals surface area (Å²) < 4.78 is 0. The van der Waals surface area contributed by atoms with Gasteiger partial charge < -0.3 is 16.0 Å². The quantitative estimate of drug-likeness (QED) is 0.675. The van der Waals surface area contributed by atoms with Crippen molar-refractivity contribution in [1.29, 1.82) is 0 Å². The molecule has 0 radical (unpaired) electrons. The number of allylic oxidation sites excluding steroid dienone is 1. The fraction of sp³-hybridized carbons (Fsp3) is 0.407. The van der Waals surface area contributed by atoms with Crippen LogP contribution in [0.5, 0.6) is 0 Å². The molecule has 0 aromatic heterocycles. The Balaban J connectivity index is 1.44. The number of nitrogens with two attached hydrogens (primary N) is 1. The number of anilines is 2. The lowest BCUT2D eigenvalue weighted by molar-refractivity contribution is -0.112. The second-order valence-electron chi connectivity index (χ2n) is 9.49. The van der Waals surface area contributed by atoms with Gasteiger partial charge in [-0.05, 0) is 81.2 Å². The Morgan fingerprint density at radius 2 is 1.72 bits per heavy atom. The highest BCUT2D eigenvalue weighted by atomic mass is 16.2. The third kappa shape index (κ3) is 3.55. The maximum absolute atomic E-state index is 13.4. The fourth-order valence-electron chi connectivity index (χ4n) is 5.72. The molecule has 32 heavy (non-hydrogen) atoms. The van der Waals surface area contributed by atoms with Gasteiger partial charge in [0.2, 0.25) is 0 Å². The van der Waals surface area contributed by atoms with Gasteiger partial charge in [-0.3, -0.25) is 9.59 Å². The number of hydrogen-bond donors (Lipinski definition) is 2. The zero-order chi connectivity index (χ0) is 22.4. The molecule has 5 heteroatoms. The number of rotatable bonds is 3. The van der Waals surface area contributed by atoms with Gasteiger partial charge in [0.1, 0.15) is 0 Å². The van der Waals surface area contributed by atoms with Crippen LogP contribution in [-0.2, 0) is 4.79 Å². The molecule has 3 aliphatic rings. The number of fused-ring (bicyclic) bond motifs is 3. The Kier molecular flexibility index (Phi) is 5.38. The smallest absolute Gasteiger partial charge is 0.259 e. The standard InChI is InChI=1S/C27H31N3O2/c1-16-9-10-20(30-18-11-12-19(30)14-13-18)15-24(16)29-27(32)22-7-4-8-23(28)21-6-3-5-17(2)25(21)26(22)31/h3,5-7,9-10,15,18-19,23H,4,8,11-14,28H2,1-2H3,(H,29,32). The lowest BCUT2D eigenvalue weighted by Crippen LogP contribution is -2.28. The Hall–Kier alpha value is -2.92. The number of nitrogens with one attached hydrogen (secondary N) is 1. The van der Waals surface area contributed by atoms with Crippen LogP contribution in [0.3, 0.4) is 0 Å². The van der Waals surface area contributed by atoms with Crippen molar-refractivity contribution in [2.24, 2.45) is 5.73 Å². The third-order valence-corrected chi connectivity index (χ3v) is 7.47. The number of carbonyl (C=O) groups is 2. The number of aryl methyl sites for hydroxylation is 2. The Morgan fingerprint density at radius 3 is 2.44 bits per heavy atom. The van der Waals surface area contributed by atoms with Crippen molar-refractivity contribution in [3.8, 4) is 0 Å². The van der Waals surface area contributed by atoms with Gasteiger partial charge >= 0.3 is 0 Å². The first-order valence-corrected chi connectivity index (χ1v) is 11.7. The van der Waals surface area contributed by atoms with Crippen LogP contribution < -0.4 is 16.0 Å². The van der Waals surface area contributed by atoms with E-state index in [1.165, 1.54) is 31.4 Å². The first kappa shape index (κ1) is 21.0. The highest BCUT2D eigenvalue weighted by Gasteiger charge is 2.39.